The van der Waals surface area contributed by atoms with E-state index in [0.29, 0.717) is 11.8 Å². The average Bonchev–Trinajstić information content (AvgIpc) is 3.46. The summed E-state index contributed by atoms with van der Waals surface area (Å²) in [4.78, 5) is 11.1. The van der Waals surface area contributed by atoms with Gasteiger partial charge in [-0.3, -0.25) is 4.31 Å². The van der Waals surface area contributed by atoms with E-state index in [-0.39, 0.29) is 35.5 Å². The smallest absolute Gasteiger partial charge is 0.196 e. The lowest BCUT2D eigenvalue weighted by molar-refractivity contribution is -0.106. The normalized spacial score (nSPS) is 22.6. The maximum absolute atomic E-state index is 15.7. The van der Waals surface area contributed by atoms with Crippen LogP contribution in [0.5, 0.6) is 5.75 Å². The first-order valence-corrected chi connectivity index (χ1v) is 11.9. The van der Waals surface area contributed by atoms with Crippen LogP contribution in [0.4, 0.5) is 10.1 Å². The summed E-state index contributed by atoms with van der Waals surface area (Å²) in [5, 5.41) is 14.0. The van der Waals surface area contributed by atoms with Gasteiger partial charge in [0.1, 0.15) is 17.7 Å². The van der Waals surface area contributed by atoms with E-state index in [1.807, 2.05) is 6.92 Å². The third kappa shape index (κ3) is 4.33. The summed E-state index contributed by atoms with van der Waals surface area (Å²) in [5.41, 5.74) is 2.19. The van der Waals surface area contributed by atoms with Gasteiger partial charge in [0.2, 0.25) is 0 Å². The largest absolute Gasteiger partial charge is 0.506 e. The van der Waals surface area contributed by atoms with Crippen molar-refractivity contribution in [2.75, 3.05) is 17.9 Å². The Kier molecular flexibility index (Phi) is 7.34. The summed E-state index contributed by atoms with van der Waals surface area (Å²) < 4.78 is 31.6. The molecule has 2 aliphatic rings. The Labute approximate surface area is 186 Å². The van der Waals surface area contributed by atoms with Gasteiger partial charge >= 0.3 is 0 Å². The molecule has 3 rings (SSSR count). The highest BCUT2D eigenvalue weighted by Gasteiger charge is 2.52. The quantitative estimate of drug-likeness (QED) is 0.356. The van der Waals surface area contributed by atoms with E-state index >= 15 is 4.39 Å². The van der Waals surface area contributed by atoms with E-state index in [4.69, 9.17) is 0 Å². The fourth-order valence-corrected chi connectivity index (χ4v) is 5.34. The molecule has 0 saturated heterocycles. The van der Waals surface area contributed by atoms with Gasteiger partial charge in [0.15, 0.2) is 17.0 Å². The van der Waals surface area contributed by atoms with Crippen molar-refractivity contribution in [3.63, 3.8) is 0 Å². The van der Waals surface area contributed by atoms with E-state index in [2.05, 4.69) is 29.6 Å². The predicted molar refractivity (Wildman–Crippen MR) is 123 cm³/mol. The van der Waals surface area contributed by atoms with Gasteiger partial charge in [0, 0.05) is 23.1 Å². The van der Waals surface area contributed by atoms with Crippen molar-refractivity contribution in [1.82, 2.24) is 10.0 Å². The van der Waals surface area contributed by atoms with Gasteiger partial charge in [-0.2, -0.15) is 0 Å². The maximum atomic E-state index is 15.7. The molecule has 0 amide bonds. The zero-order chi connectivity index (χ0) is 22.8. The van der Waals surface area contributed by atoms with Crippen LogP contribution in [0.25, 0.3) is 5.57 Å². The lowest BCUT2D eigenvalue weighted by Gasteiger charge is -2.26. The molecule has 1 aliphatic carbocycles. The third-order valence-corrected chi connectivity index (χ3v) is 7.50. The summed E-state index contributed by atoms with van der Waals surface area (Å²) in [6.07, 6.45) is 7.56. The van der Waals surface area contributed by atoms with Crippen molar-refractivity contribution >= 4 is 28.7 Å². The first-order valence-electron chi connectivity index (χ1n) is 10.8. The fourth-order valence-electron chi connectivity index (χ4n) is 4.59. The molecule has 3 atom stereocenters. The zero-order valence-electron chi connectivity index (χ0n) is 18.4. The highest BCUT2D eigenvalue weighted by molar-refractivity contribution is 7.84. The lowest BCUT2D eigenvalue weighted by Crippen LogP contribution is -2.38. The van der Waals surface area contributed by atoms with Crippen molar-refractivity contribution in [3.05, 3.63) is 41.7 Å². The number of halogens is 1. The molecule has 1 fully saturated rings. The number of benzene rings is 1. The molecule has 0 bridgehead atoms. The highest BCUT2D eigenvalue weighted by atomic mass is 32.2. The fraction of sp³-hybridized carbons (Fsp3) is 0.522. The van der Waals surface area contributed by atoms with Crippen LogP contribution in [0, 0.1) is 11.2 Å². The molecule has 0 radical (unpaired) electrons. The third-order valence-electron chi connectivity index (χ3n) is 6.42. The number of nitrogens with zero attached hydrogens (tertiary/aromatic N) is 1. The molecule has 8 heteroatoms. The monoisotopic (exact) mass is 449 g/mol. The molecule has 1 aromatic rings. The van der Waals surface area contributed by atoms with Crippen LogP contribution in [0.2, 0.25) is 0 Å². The second kappa shape index (κ2) is 9.63. The molecule has 1 aromatic carbocycles. The molecule has 6 nitrogen and oxygen atoms in total. The molecule has 3 N–H and O–H groups in total. The number of nitrogens with one attached hydrogen (secondary N) is 2. The number of carbonyl (C=O) groups is 1. The minimum absolute atomic E-state index is 0.0264. The van der Waals surface area contributed by atoms with Gasteiger partial charge in [-0.05, 0) is 50.4 Å². The summed E-state index contributed by atoms with van der Waals surface area (Å²) in [6.45, 7) is 8.20. The second-order valence-corrected chi connectivity index (χ2v) is 9.56. The molecule has 31 heavy (non-hydrogen) atoms. The standard InChI is InChI=1S/C23H32FN3O3S/c1-5-7-15(3)23(10-11-23)20-14-17(18(6-2)26-20)16-8-9-19(29)22(21(16)24)27(12-13-28)31(30)25-4/h8-9,13-14,18,20,25-26,29H,3,5-7,10-12H2,1-2,4H3. The van der Waals surface area contributed by atoms with Crippen molar-refractivity contribution in [2.45, 2.75) is 58.0 Å². The van der Waals surface area contributed by atoms with Crippen molar-refractivity contribution in [1.29, 1.82) is 0 Å². The van der Waals surface area contributed by atoms with Crippen LogP contribution in [0.3, 0.4) is 0 Å². The molecule has 1 saturated carbocycles. The first kappa shape index (κ1) is 23.6. The summed E-state index contributed by atoms with van der Waals surface area (Å²) in [7, 11) is 1.44. The number of rotatable bonds is 11. The van der Waals surface area contributed by atoms with Crippen LogP contribution >= 0.6 is 0 Å². The van der Waals surface area contributed by atoms with E-state index in [9.17, 15) is 14.1 Å². The topological polar surface area (TPSA) is 81.7 Å². The van der Waals surface area contributed by atoms with Gasteiger partial charge in [-0.1, -0.05) is 38.5 Å². The highest BCUT2D eigenvalue weighted by Crippen LogP contribution is 2.57. The molecule has 0 spiro atoms. The predicted octanol–water partition coefficient (Wildman–Crippen LogP) is 3.61. The van der Waals surface area contributed by atoms with Crippen molar-refractivity contribution in [3.8, 4) is 5.75 Å². The first-order chi connectivity index (χ1) is 14.8. The number of hydrogen-bond donors (Lipinski definition) is 3. The second-order valence-electron chi connectivity index (χ2n) is 8.21. The Balaban J connectivity index is 2.04. The van der Waals surface area contributed by atoms with Crippen LogP contribution in [0.1, 0.15) is 51.5 Å². The van der Waals surface area contributed by atoms with Gasteiger partial charge in [0.25, 0.3) is 0 Å². The number of carbonyl (C=O) groups excluding carboxylic acids is 1. The van der Waals surface area contributed by atoms with Crippen LogP contribution in [-0.2, 0) is 16.0 Å². The Morgan fingerprint density at radius 1 is 1.45 bits per heavy atom. The lowest BCUT2D eigenvalue weighted by atomic mass is 9.86. The van der Waals surface area contributed by atoms with Gasteiger partial charge in [-0.15, -0.1) is 0 Å². The molecule has 1 heterocycles. The number of anilines is 1. The Morgan fingerprint density at radius 3 is 2.71 bits per heavy atom. The summed E-state index contributed by atoms with van der Waals surface area (Å²) in [6, 6.07) is 2.98. The van der Waals surface area contributed by atoms with E-state index < -0.39 is 17.0 Å². The van der Waals surface area contributed by atoms with E-state index in [1.165, 1.54) is 18.7 Å². The van der Waals surface area contributed by atoms with Gasteiger partial charge in [-0.25, -0.2) is 13.3 Å². The van der Waals surface area contributed by atoms with E-state index in [0.717, 1.165) is 42.0 Å². The summed E-state index contributed by atoms with van der Waals surface area (Å²) >= 11 is -1.87. The number of phenolic OH excluding ortho intramolecular Hbond substituents is 1. The molecule has 170 valence electrons. The maximum Gasteiger partial charge on any atom is 0.196 e. The Bertz CT molecular complexity index is 914. The van der Waals surface area contributed by atoms with Crippen molar-refractivity contribution in [2.24, 2.45) is 5.41 Å². The minimum atomic E-state index is -1.87. The minimum Gasteiger partial charge on any atom is -0.506 e. The average molecular weight is 450 g/mol. The zero-order valence-corrected chi connectivity index (χ0v) is 19.2. The molecule has 0 aromatic heterocycles. The number of hydrogen-bond acceptors (Lipinski definition) is 4. The number of phenols is 1. The van der Waals surface area contributed by atoms with Gasteiger partial charge < -0.3 is 15.2 Å². The van der Waals surface area contributed by atoms with Gasteiger partial charge in [0.05, 0.1) is 6.54 Å². The van der Waals surface area contributed by atoms with Crippen LogP contribution < -0.4 is 14.3 Å². The van der Waals surface area contributed by atoms with E-state index in [1.54, 1.807) is 6.07 Å². The van der Waals surface area contributed by atoms with Crippen LogP contribution in [-0.4, -0.2) is 41.3 Å². The Morgan fingerprint density at radius 2 is 2.16 bits per heavy atom. The SMILES string of the molecule is C=C(CCC)C1(C2C=C(c3ccc(O)c(N(CC=O)S(=O)NC)c3F)C(CC)N2)CC1. The molecule has 1 aliphatic heterocycles. The number of aldehydes is 1. The molecular weight excluding hydrogens is 417 g/mol. The van der Waals surface area contributed by atoms with Crippen molar-refractivity contribution < 1.29 is 18.5 Å². The number of aromatic hydroxyl groups is 1. The molecular formula is C23H32FN3O3S. The molecule has 3 unspecified atom stereocenters. The summed E-state index contributed by atoms with van der Waals surface area (Å²) in [5.74, 6) is -1.05. The van der Waals surface area contributed by atoms with Crippen LogP contribution in [0.15, 0.2) is 30.4 Å². The Hall–Kier alpha value is -2.03.